The Kier molecular flexibility index (Phi) is 4.63. The summed E-state index contributed by atoms with van der Waals surface area (Å²) >= 11 is 11.4. The first kappa shape index (κ1) is 13.3. The van der Waals surface area contributed by atoms with Crippen molar-refractivity contribution >= 4 is 29.0 Å². The summed E-state index contributed by atoms with van der Waals surface area (Å²) in [6.45, 7) is 3.81. The molecule has 0 saturated carbocycles. The lowest BCUT2D eigenvalue weighted by atomic mass is 10.0. The van der Waals surface area contributed by atoms with E-state index in [1.54, 1.807) is 38.1 Å². The molecule has 0 saturated heterocycles. The summed E-state index contributed by atoms with van der Waals surface area (Å²) in [5.41, 5.74) is 0.582. The van der Waals surface area contributed by atoms with Crippen LogP contribution in [0.2, 0.25) is 0 Å². The first-order valence-electron chi connectivity index (χ1n) is 4.97. The van der Waals surface area contributed by atoms with Crippen molar-refractivity contribution in [1.29, 1.82) is 0 Å². The first-order valence-corrected chi connectivity index (χ1v) is 5.89. The molecule has 2 nitrogen and oxygen atoms in total. The number of alkyl halides is 2. The molecule has 1 aromatic rings. The van der Waals surface area contributed by atoms with E-state index >= 15 is 0 Å². The molecule has 0 spiro atoms. The van der Waals surface area contributed by atoms with Crippen LogP contribution < -0.4 is 4.74 Å². The van der Waals surface area contributed by atoms with Crippen molar-refractivity contribution in [2.24, 2.45) is 0 Å². The van der Waals surface area contributed by atoms with Gasteiger partial charge in [0.05, 0.1) is 5.88 Å². The number of ketones is 1. The van der Waals surface area contributed by atoms with Gasteiger partial charge >= 0.3 is 0 Å². The normalized spacial score (nSPS) is 11.2. The van der Waals surface area contributed by atoms with Crippen molar-refractivity contribution in [3.63, 3.8) is 0 Å². The van der Waals surface area contributed by atoms with E-state index in [4.69, 9.17) is 27.9 Å². The zero-order valence-electron chi connectivity index (χ0n) is 9.30. The second-order valence-electron chi connectivity index (χ2n) is 3.86. The van der Waals surface area contributed by atoms with Crippen LogP contribution in [-0.2, 0) is 0 Å². The number of carbonyl (C=O) groups is 1. The average Bonchev–Trinajstić information content (AvgIpc) is 2.25. The van der Waals surface area contributed by atoms with Crippen LogP contribution in [0, 0.1) is 0 Å². The predicted octanol–water partition coefficient (Wildman–Crippen LogP) is 3.50. The Hall–Kier alpha value is -0.730. The summed E-state index contributed by atoms with van der Waals surface area (Å²) in [4.78, 5) is 10.9. The average molecular weight is 261 g/mol. The lowest BCUT2D eigenvalue weighted by Crippen LogP contribution is -2.24. The van der Waals surface area contributed by atoms with Crippen LogP contribution in [-0.4, -0.2) is 23.1 Å². The molecular weight excluding hydrogens is 247 g/mol. The molecule has 0 atom stereocenters. The van der Waals surface area contributed by atoms with E-state index in [-0.39, 0.29) is 5.78 Å². The van der Waals surface area contributed by atoms with Gasteiger partial charge in [-0.2, -0.15) is 0 Å². The number of benzene rings is 1. The van der Waals surface area contributed by atoms with Gasteiger partial charge < -0.3 is 4.74 Å². The summed E-state index contributed by atoms with van der Waals surface area (Å²) in [6, 6.07) is 6.89. The van der Waals surface area contributed by atoms with Crippen molar-refractivity contribution in [3.05, 3.63) is 29.8 Å². The molecule has 16 heavy (non-hydrogen) atoms. The fraction of sp³-hybridized carbons (Fsp3) is 0.417. The van der Waals surface area contributed by atoms with Crippen LogP contribution in [0.1, 0.15) is 24.2 Å². The largest absolute Gasteiger partial charge is 0.492 e. The van der Waals surface area contributed by atoms with Gasteiger partial charge in [-0.05, 0) is 38.1 Å². The number of Topliss-reactive ketones (excluding diaryl/α,β-unsaturated/α-hetero) is 1. The van der Waals surface area contributed by atoms with E-state index < -0.39 is 4.87 Å². The molecule has 0 fully saturated rings. The van der Waals surface area contributed by atoms with Crippen LogP contribution in [0.5, 0.6) is 5.75 Å². The third kappa shape index (κ3) is 3.69. The minimum absolute atomic E-state index is 0.0990. The Balaban J connectivity index is 2.75. The molecule has 0 heterocycles. The lowest BCUT2D eigenvalue weighted by Gasteiger charge is -2.14. The van der Waals surface area contributed by atoms with Crippen LogP contribution in [0.4, 0.5) is 0 Å². The number of hydrogen-bond acceptors (Lipinski definition) is 2. The molecule has 0 bridgehead atoms. The highest BCUT2D eigenvalue weighted by Gasteiger charge is 2.25. The monoisotopic (exact) mass is 260 g/mol. The van der Waals surface area contributed by atoms with Crippen LogP contribution >= 0.6 is 23.2 Å². The molecule has 1 rings (SSSR count). The summed E-state index contributed by atoms with van der Waals surface area (Å²) in [5.74, 6) is 1.04. The fourth-order valence-electron chi connectivity index (χ4n) is 1.20. The van der Waals surface area contributed by atoms with Gasteiger partial charge in [0.1, 0.15) is 17.2 Å². The van der Waals surface area contributed by atoms with Crippen molar-refractivity contribution in [2.45, 2.75) is 18.7 Å². The Morgan fingerprint density at radius 2 is 1.88 bits per heavy atom. The second-order valence-corrected chi connectivity index (χ2v) is 5.19. The summed E-state index contributed by atoms with van der Waals surface area (Å²) in [7, 11) is 0. The number of halogens is 2. The molecule has 4 heteroatoms. The molecule has 0 aromatic heterocycles. The Morgan fingerprint density at radius 1 is 1.31 bits per heavy atom. The summed E-state index contributed by atoms with van der Waals surface area (Å²) in [5, 5.41) is 0. The van der Waals surface area contributed by atoms with Gasteiger partial charge in [0.15, 0.2) is 5.78 Å². The highest BCUT2D eigenvalue weighted by molar-refractivity contribution is 6.37. The van der Waals surface area contributed by atoms with E-state index in [0.717, 1.165) is 0 Å². The summed E-state index contributed by atoms with van der Waals surface area (Å²) < 4.78 is 5.30. The SMILES string of the molecule is CC(C)(Cl)C(=O)c1ccc(OCCCl)cc1. The first-order chi connectivity index (χ1) is 7.45. The third-order valence-electron chi connectivity index (χ3n) is 2.00. The maximum absolute atomic E-state index is 11.8. The van der Waals surface area contributed by atoms with Gasteiger partial charge in [-0.3, -0.25) is 4.79 Å². The van der Waals surface area contributed by atoms with Crippen molar-refractivity contribution in [2.75, 3.05) is 12.5 Å². The Bertz CT molecular complexity index is 352. The molecule has 0 aliphatic rings. The molecule has 0 unspecified atom stereocenters. The van der Waals surface area contributed by atoms with Crippen molar-refractivity contribution in [3.8, 4) is 5.75 Å². The third-order valence-corrected chi connectivity index (χ3v) is 2.33. The second kappa shape index (κ2) is 5.55. The standard InChI is InChI=1S/C12H14Cl2O2/c1-12(2,14)11(15)9-3-5-10(6-4-9)16-8-7-13/h3-6H,7-8H2,1-2H3. The minimum atomic E-state index is -0.876. The van der Waals surface area contributed by atoms with Gasteiger partial charge in [-0.15, -0.1) is 23.2 Å². The van der Waals surface area contributed by atoms with E-state index in [1.165, 1.54) is 0 Å². The molecule has 0 aliphatic heterocycles. The van der Waals surface area contributed by atoms with Crippen molar-refractivity contribution < 1.29 is 9.53 Å². The van der Waals surface area contributed by atoms with Gasteiger partial charge in [-0.1, -0.05) is 0 Å². The maximum Gasteiger partial charge on any atom is 0.183 e. The zero-order valence-corrected chi connectivity index (χ0v) is 10.8. The van der Waals surface area contributed by atoms with Gasteiger partial charge in [-0.25, -0.2) is 0 Å². The topological polar surface area (TPSA) is 26.3 Å². The van der Waals surface area contributed by atoms with E-state index in [2.05, 4.69) is 0 Å². The van der Waals surface area contributed by atoms with Crippen LogP contribution in [0.15, 0.2) is 24.3 Å². The summed E-state index contributed by atoms with van der Waals surface area (Å²) in [6.07, 6.45) is 0. The Labute approximate surface area is 106 Å². The smallest absolute Gasteiger partial charge is 0.183 e. The fourth-order valence-corrected chi connectivity index (χ4v) is 1.39. The minimum Gasteiger partial charge on any atom is -0.492 e. The van der Waals surface area contributed by atoms with E-state index in [0.29, 0.717) is 23.8 Å². The lowest BCUT2D eigenvalue weighted by molar-refractivity contribution is 0.0954. The van der Waals surface area contributed by atoms with Crippen LogP contribution in [0.25, 0.3) is 0 Å². The predicted molar refractivity (Wildman–Crippen MR) is 66.9 cm³/mol. The van der Waals surface area contributed by atoms with Gasteiger partial charge in [0, 0.05) is 5.56 Å². The molecule has 0 radical (unpaired) electrons. The highest BCUT2D eigenvalue weighted by Crippen LogP contribution is 2.21. The van der Waals surface area contributed by atoms with E-state index in [9.17, 15) is 4.79 Å². The van der Waals surface area contributed by atoms with Crippen molar-refractivity contribution in [1.82, 2.24) is 0 Å². The van der Waals surface area contributed by atoms with Gasteiger partial charge in [0.25, 0.3) is 0 Å². The molecule has 0 amide bonds. The van der Waals surface area contributed by atoms with Crippen LogP contribution in [0.3, 0.4) is 0 Å². The number of hydrogen-bond donors (Lipinski definition) is 0. The molecule has 0 N–H and O–H groups in total. The van der Waals surface area contributed by atoms with Gasteiger partial charge in [0.2, 0.25) is 0 Å². The maximum atomic E-state index is 11.8. The molecule has 1 aromatic carbocycles. The zero-order chi connectivity index (χ0) is 12.2. The number of carbonyl (C=O) groups excluding carboxylic acids is 1. The molecule has 0 aliphatic carbocycles. The highest BCUT2D eigenvalue weighted by atomic mass is 35.5. The Morgan fingerprint density at radius 3 is 2.31 bits per heavy atom. The molecule has 88 valence electrons. The number of rotatable bonds is 5. The van der Waals surface area contributed by atoms with E-state index in [1.807, 2.05) is 0 Å². The number of ether oxygens (including phenoxy) is 1. The molecular formula is C12H14Cl2O2. The quantitative estimate of drug-likeness (QED) is 0.599.